The Hall–Kier alpha value is 0.0169. The average molecular weight is 261 g/mol. The fraction of sp³-hybridized carbons (Fsp3) is 1.00. The van der Waals surface area contributed by atoms with Crippen molar-refractivity contribution in [2.45, 2.75) is 32.5 Å². The van der Waals surface area contributed by atoms with E-state index in [-0.39, 0.29) is 12.2 Å². The second-order valence-corrected chi connectivity index (χ2v) is 7.27. The lowest BCUT2D eigenvalue weighted by Crippen LogP contribution is -2.59. The van der Waals surface area contributed by atoms with Crippen molar-refractivity contribution >= 4 is 8.80 Å². The topological polar surface area (TPSA) is 40.2 Å². The third-order valence-corrected chi connectivity index (χ3v) is 5.85. The summed E-state index contributed by atoms with van der Waals surface area (Å²) < 4.78 is 23.6. The second-order valence-electron chi connectivity index (χ2n) is 4.85. The molecular formula is C11H23NO4Si. The van der Waals surface area contributed by atoms with Crippen molar-refractivity contribution in [1.29, 1.82) is 0 Å². The first kappa shape index (κ1) is 13.4. The third-order valence-electron chi connectivity index (χ3n) is 3.11. The van der Waals surface area contributed by atoms with Crippen LogP contribution in [0, 0.1) is 0 Å². The van der Waals surface area contributed by atoms with Crippen LogP contribution in [0.2, 0.25) is 0 Å². The summed E-state index contributed by atoms with van der Waals surface area (Å²) >= 11 is 0. The van der Waals surface area contributed by atoms with Gasteiger partial charge in [0.2, 0.25) is 0 Å². The van der Waals surface area contributed by atoms with Crippen LogP contribution in [0.15, 0.2) is 0 Å². The molecule has 0 aromatic heterocycles. The molecule has 100 valence electrons. The highest BCUT2D eigenvalue weighted by Crippen LogP contribution is 2.23. The predicted octanol–water partition coefficient (Wildman–Crippen LogP) is 0.657. The zero-order valence-corrected chi connectivity index (χ0v) is 12.0. The highest BCUT2D eigenvalue weighted by molar-refractivity contribution is 6.60. The fourth-order valence-corrected chi connectivity index (χ4v) is 4.93. The number of hydrogen-bond donors (Lipinski definition) is 0. The summed E-state index contributed by atoms with van der Waals surface area (Å²) in [6, 6.07) is 0. The smallest absolute Gasteiger partial charge is 0.374 e. The number of ether oxygens (including phenoxy) is 1. The van der Waals surface area contributed by atoms with Crippen molar-refractivity contribution in [3.8, 4) is 0 Å². The predicted molar refractivity (Wildman–Crippen MR) is 65.7 cm³/mol. The zero-order chi connectivity index (χ0) is 12.3. The Bertz CT molecular complexity index is 252. The Kier molecular flexibility index (Phi) is 4.57. The van der Waals surface area contributed by atoms with E-state index in [1.807, 2.05) is 6.92 Å². The molecule has 6 heteroatoms. The maximum absolute atomic E-state index is 6.10. The van der Waals surface area contributed by atoms with Crippen molar-refractivity contribution in [1.82, 2.24) is 4.90 Å². The molecule has 2 saturated heterocycles. The van der Waals surface area contributed by atoms with Gasteiger partial charge in [0.1, 0.15) is 6.23 Å². The molecule has 3 unspecified atom stereocenters. The molecule has 2 aliphatic rings. The zero-order valence-electron chi connectivity index (χ0n) is 11.0. The molecule has 2 rings (SSSR count). The average Bonchev–Trinajstić information content (AvgIpc) is 2.29. The van der Waals surface area contributed by atoms with Gasteiger partial charge in [-0.25, -0.2) is 0 Å². The fourth-order valence-electron chi connectivity index (χ4n) is 2.33. The molecule has 2 fully saturated rings. The normalized spacial score (nSPS) is 40.4. The molecule has 0 aromatic carbocycles. The molecule has 0 spiro atoms. The van der Waals surface area contributed by atoms with E-state index in [9.17, 15) is 0 Å². The van der Waals surface area contributed by atoms with E-state index in [4.69, 9.17) is 18.0 Å². The first-order valence-corrected chi connectivity index (χ1v) is 8.32. The molecule has 5 nitrogen and oxygen atoms in total. The van der Waals surface area contributed by atoms with E-state index in [2.05, 4.69) is 18.9 Å². The summed E-state index contributed by atoms with van der Waals surface area (Å²) in [5.74, 6) is 0. The quantitative estimate of drug-likeness (QED) is 0.683. The van der Waals surface area contributed by atoms with Crippen LogP contribution >= 0.6 is 0 Å². The lowest BCUT2D eigenvalue weighted by Gasteiger charge is -2.37. The monoisotopic (exact) mass is 261 g/mol. The van der Waals surface area contributed by atoms with Gasteiger partial charge in [0.05, 0.1) is 12.7 Å². The molecule has 2 aliphatic heterocycles. The van der Waals surface area contributed by atoms with Gasteiger partial charge in [0.25, 0.3) is 0 Å². The molecule has 3 atom stereocenters. The molecule has 0 amide bonds. The molecule has 0 N–H and O–H groups in total. The summed E-state index contributed by atoms with van der Waals surface area (Å²) in [5, 5.41) is 0. The van der Waals surface area contributed by atoms with E-state index in [1.165, 1.54) is 0 Å². The molecule has 0 saturated carbocycles. The minimum absolute atomic E-state index is 0.0808. The SMILES string of the molecule is CCO[Si]12COCC(CN(C)CCC(C)O1)O2. The Balaban J connectivity index is 2.11. The summed E-state index contributed by atoms with van der Waals surface area (Å²) in [6.07, 6.45) is 1.74. The number of rotatable bonds is 2. The standard InChI is InChI=1S/C11H23NO4Si/c1-4-14-17-9-13-8-11(16-17)7-12(3)6-5-10(2)15-17/h10-11H,4-9H2,1-3H3. The van der Waals surface area contributed by atoms with Crippen molar-refractivity contribution in [2.24, 2.45) is 0 Å². The van der Waals surface area contributed by atoms with E-state index in [0.29, 0.717) is 19.4 Å². The van der Waals surface area contributed by atoms with Crippen molar-refractivity contribution < 1.29 is 18.0 Å². The molecule has 2 bridgehead atoms. The van der Waals surface area contributed by atoms with Crippen LogP contribution < -0.4 is 0 Å². The summed E-state index contributed by atoms with van der Waals surface area (Å²) in [5.41, 5.74) is 0. The van der Waals surface area contributed by atoms with E-state index < -0.39 is 8.80 Å². The highest BCUT2D eigenvalue weighted by atomic mass is 28.4. The van der Waals surface area contributed by atoms with Crippen LogP contribution in [-0.2, 0) is 18.0 Å². The van der Waals surface area contributed by atoms with Crippen LogP contribution in [0.25, 0.3) is 0 Å². The first-order valence-electron chi connectivity index (χ1n) is 6.39. The van der Waals surface area contributed by atoms with Gasteiger partial charge in [-0.05, 0) is 27.3 Å². The van der Waals surface area contributed by atoms with E-state index >= 15 is 0 Å². The molecule has 17 heavy (non-hydrogen) atoms. The van der Waals surface area contributed by atoms with Gasteiger partial charge in [-0.2, -0.15) is 0 Å². The van der Waals surface area contributed by atoms with Gasteiger partial charge in [-0.1, -0.05) is 0 Å². The summed E-state index contributed by atoms with van der Waals surface area (Å²) in [6.45, 7) is 7.23. The van der Waals surface area contributed by atoms with Gasteiger partial charge in [0.15, 0.2) is 0 Å². The van der Waals surface area contributed by atoms with Crippen LogP contribution in [0.5, 0.6) is 0 Å². The largest absolute Gasteiger partial charge is 0.528 e. The van der Waals surface area contributed by atoms with Gasteiger partial charge in [-0.3, -0.25) is 0 Å². The Labute approximate surface area is 104 Å². The van der Waals surface area contributed by atoms with Crippen molar-refractivity contribution in [2.75, 3.05) is 39.6 Å². The Morgan fingerprint density at radius 2 is 2.24 bits per heavy atom. The number of fused-ring (bicyclic) bond motifs is 2. The minimum Gasteiger partial charge on any atom is -0.374 e. The van der Waals surface area contributed by atoms with Crippen molar-refractivity contribution in [3.05, 3.63) is 0 Å². The van der Waals surface area contributed by atoms with Crippen LogP contribution in [0.4, 0.5) is 0 Å². The third kappa shape index (κ3) is 3.49. The van der Waals surface area contributed by atoms with Crippen LogP contribution in [0.3, 0.4) is 0 Å². The second kappa shape index (κ2) is 5.77. The molecule has 0 aliphatic carbocycles. The van der Waals surface area contributed by atoms with E-state index in [1.54, 1.807) is 0 Å². The minimum atomic E-state index is -2.59. The molecule has 0 aromatic rings. The molecule has 0 radical (unpaired) electrons. The Morgan fingerprint density at radius 3 is 3.00 bits per heavy atom. The summed E-state index contributed by atoms with van der Waals surface area (Å²) in [7, 11) is -0.478. The van der Waals surface area contributed by atoms with Crippen LogP contribution in [-0.4, -0.2) is 65.5 Å². The van der Waals surface area contributed by atoms with Gasteiger partial charge < -0.3 is 22.9 Å². The highest BCUT2D eigenvalue weighted by Gasteiger charge is 2.49. The lowest BCUT2D eigenvalue weighted by molar-refractivity contribution is -0.0744. The molecular weight excluding hydrogens is 238 g/mol. The van der Waals surface area contributed by atoms with Gasteiger partial charge >= 0.3 is 8.80 Å². The Morgan fingerprint density at radius 1 is 1.41 bits per heavy atom. The van der Waals surface area contributed by atoms with Gasteiger partial charge in [0, 0.05) is 25.8 Å². The van der Waals surface area contributed by atoms with Gasteiger partial charge in [-0.15, -0.1) is 0 Å². The maximum Gasteiger partial charge on any atom is 0.528 e. The number of hydrogen-bond acceptors (Lipinski definition) is 5. The number of likely N-dealkylation sites (N-methyl/N-ethyl adjacent to an activating group) is 1. The lowest BCUT2D eigenvalue weighted by atomic mass is 10.2. The van der Waals surface area contributed by atoms with Crippen LogP contribution in [0.1, 0.15) is 20.3 Å². The number of nitrogens with zero attached hydrogens (tertiary/aromatic N) is 1. The molecule has 2 heterocycles. The maximum atomic E-state index is 6.10. The van der Waals surface area contributed by atoms with Crippen molar-refractivity contribution in [3.63, 3.8) is 0 Å². The summed E-state index contributed by atoms with van der Waals surface area (Å²) in [4.78, 5) is 2.27. The first-order chi connectivity index (χ1) is 8.13. The van der Waals surface area contributed by atoms with E-state index in [0.717, 1.165) is 19.5 Å².